The fraction of sp³-hybridized carbons (Fsp3) is 0.778. The molecule has 0 spiro atoms. The van der Waals surface area contributed by atoms with Gasteiger partial charge in [0.2, 0.25) is 0 Å². The van der Waals surface area contributed by atoms with Crippen LogP contribution in [0.15, 0.2) is 25.3 Å². The zero-order valence-corrected chi connectivity index (χ0v) is 13.5. The Labute approximate surface area is 120 Å². The summed E-state index contributed by atoms with van der Waals surface area (Å²) in [5.41, 5.74) is 0.781. The summed E-state index contributed by atoms with van der Waals surface area (Å²) in [5, 5.41) is 3.65. The van der Waals surface area contributed by atoms with E-state index in [1.54, 1.807) is 0 Å². The average molecular weight is 263 g/mol. The molecule has 0 aromatic carbocycles. The molecule has 0 aromatic rings. The molecular formula is C18H33N. The van der Waals surface area contributed by atoms with Gasteiger partial charge >= 0.3 is 0 Å². The molecule has 0 bridgehead atoms. The maximum atomic E-state index is 4.08. The lowest BCUT2D eigenvalue weighted by molar-refractivity contribution is 0.0604. The van der Waals surface area contributed by atoms with Crippen molar-refractivity contribution in [3.05, 3.63) is 25.3 Å². The highest BCUT2D eigenvalue weighted by molar-refractivity contribution is 5.05. The van der Waals surface area contributed by atoms with Crippen LogP contribution < -0.4 is 5.32 Å². The average Bonchev–Trinajstić information content (AvgIpc) is 2.41. The van der Waals surface area contributed by atoms with Crippen LogP contribution in [0.2, 0.25) is 0 Å². The summed E-state index contributed by atoms with van der Waals surface area (Å²) in [5.74, 6) is 1.34. The van der Waals surface area contributed by atoms with Crippen LogP contribution in [0.25, 0.3) is 0 Å². The van der Waals surface area contributed by atoms with Crippen molar-refractivity contribution in [1.82, 2.24) is 5.32 Å². The van der Waals surface area contributed by atoms with Crippen LogP contribution in [0.5, 0.6) is 0 Å². The van der Waals surface area contributed by atoms with E-state index in [4.69, 9.17) is 0 Å². The molecule has 110 valence electrons. The Hall–Kier alpha value is -0.560. The molecule has 1 atom stereocenters. The first-order chi connectivity index (χ1) is 8.94. The standard InChI is InChI=1S/C18H33N/c1-7-9-10-16(8-2)18(19-6)13-11-17(5,12-14-18)15(3)4/h7-8,15-16,19H,1-2,9-14H2,3-6H3. The molecule has 1 saturated carbocycles. The predicted molar refractivity (Wildman–Crippen MR) is 86.3 cm³/mol. The van der Waals surface area contributed by atoms with Crippen LogP contribution in [-0.4, -0.2) is 12.6 Å². The molecular weight excluding hydrogens is 230 g/mol. The van der Waals surface area contributed by atoms with Crippen LogP contribution in [0.1, 0.15) is 59.3 Å². The van der Waals surface area contributed by atoms with Gasteiger partial charge in [-0.3, -0.25) is 0 Å². The van der Waals surface area contributed by atoms with E-state index < -0.39 is 0 Å². The molecule has 1 N–H and O–H groups in total. The molecule has 1 unspecified atom stereocenters. The highest BCUT2D eigenvalue weighted by Crippen LogP contribution is 2.48. The fourth-order valence-electron chi connectivity index (χ4n) is 3.57. The smallest absolute Gasteiger partial charge is 0.0241 e. The molecule has 0 heterocycles. The number of hydrogen-bond donors (Lipinski definition) is 1. The van der Waals surface area contributed by atoms with E-state index in [-0.39, 0.29) is 5.54 Å². The van der Waals surface area contributed by atoms with Crippen LogP contribution >= 0.6 is 0 Å². The van der Waals surface area contributed by atoms with Crippen molar-refractivity contribution in [1.29, 1.82) is 0 Å². The number of rotatable bonds is 7. The minimum absolute atomic E-state index is 0.263. The summed E-state index contributed by atoms with van der Waals surface area (Å²) in [6.07, 6.45) is 11.6. The van der Waals surface area contributed by atoms with Gasteiger partial charge < -0.3 is 5.32 Å². The monoisotopic (exact) mass is 263 g/mol. The molecule has 0 amide bonds. The van der Waals surface area contributed by atoms with E-state index in [1.807, 2.05) is 6.08 Å². The molecule has 1 rings (SSSR count). The summed E-state index contributed by atoms with van der Waals surface area (Å²) < 4.78 is 0. The van der Waals surface area contributed by atoms with Gasteiger partial charge in [0, 0.05) is 5.54 Å². The van der Waals surface area contributed by atoms with Gasteiger partial charge in [-0.15, -0.1) is 13.2 Å². The molecule has 1 aliphatic carbocycles. The first-order valence-corrected chi connectivity index (χ1v) is 7.86. The highest BCUT2D eigenvalue weighted by atomic mass is 15.0. The first-order valence-electron chi connectivity index (χ1n) is 7.86. The molecule has 19 heavy (non-hydrogen) atoms. The van der Waals surface area contributed by atoms with Crippen LogP contribution in [-0.2, 0) is 0 Å². The van der Waals surface area contributed by atoms with Gasteiger partial charge in [-0.1, -0.05) is 32.9 Å². The SMILES string of the molecule is C=CCCC(C=C)C1(NC)CCC(C)(C(C)C)CC1. The molecule has 1 aliphatic rings. The van der Waals surface area contributed by atoms with Gasteiger partial charge in [-0.25, -0.2) is 0 Å². The topological polar surface area (TPSA) is 12.0 Å². The Kier molecular flexibility index (Phi) is 5.85. The summed E-state index contributed by atoms with van der Waals surface area (Å²) in [7, 11) is 2.13. The van der Waals surface area contributed by atoms with Crippen molar-refractivity contribution in [3.8, 4) is 0 Å². The Morgan fingerprint density at radius 3 is 2.11 bits per heavy atom. The minimum Gasteiger partial charge on any atom is -0.314 e. The maximum absolute atomic E-state index is 4.08. The molecule has 0 radical (unpaired) electrons. The van der Waals surface area contributed by atoms with Gasteiger partial charge in [0.25, 0.3) is 0 Å². The summed E-state index contributed by atoms with van der Waals surface area (Å²) in [6, 6.07) is 0. The Bertz CT molecular complexity index is 295. The third-order valence-corrected chi connectivity index (χ3v) is 5.85. The normalized spacial score (nSPS) is 33.1. The zero-order chi connectivity index (χ0) is 14.5. The first kappa shape index (κ1) is 16.5. The van der Waals surface area contributed by atoms with E-state index in [1.165, 1.54) is 32.1 Å². The summed E-state index contributed by atoms with van der Waals surface area (Å²) >= 11 is 0. The highest BCUT2D eigenvalue weighted by Gasteiger charge is 2.43. The van der Waals surface area contributed by atoms with Crippen molar-refractivity contribution in [2.45, 2.75) is 64.8 Å². The van der Waals surface area contributed by atoms with Gasteiger partial charge in [0.1, 0.15) is 0 Å². The lowest BCUT2D eigenvalue weighted by Crippen LogP contribution is -2.53. The Balaban J connectivity index is 2.78. The van der Waals surface area contributed by atoms with E-state index in [0.717, 1.165) is 12.3 Å². The molecule has 0 saturated heterocycles. The number of allylic oxidation sites excluding steroid dienone is 1. The summed E-state index contributed by atoms with van der Waals surface area (Å²) in [6.45, 7) is 15.1. The maximum Gasteiger partial charge on any atom is 0.0241 e. The quantitative estimate of drug-likeness (QED) is 0.641. The third-order valence-electron chi connectivity index (χ3n) is 5.85. The Morgan fingerprint density at radius 1 is 1.16 bits per heavy atom. The Morgan fingerprint density at radius 2 is 1.74 bits per heavy atom. The van der Waals surface area contributed by atoms with E-state index in [2.05, 4.69) is 52.4 Å². The molecule has 0 aliphatic heterocycles. The van der Waals surface area contributed by atoms with Crippen molar-refractivity contribution >= 4 is 0 Å². The minimum atomic E-state index is 0.263. The van der Waals surface area contributed by atoms with E-state index in [9.17, 15) is 0 Å². The predicted octanol–water partition coefficient (Wildman–Crippen LogP) is 4.95. The number of nitrogens with one attached hydrogen (secondary N) is 1. The lowest BCUT2D eigenvalue weighted by Gasteiger charge is -2.50. The second kappa shape index (κ2) is 6.74. The largest absolute Gasteiger partial charge is 0.314 e. The summed E-state index contributed by atoms with van der Waals surface area (Å²) in [4.78, 5) is 0. The number of hydrogen-bond acceptors (Lipinski definition) is 1. The van der Waals surface area contributed by atoms with E-state index >= 15 is 0 Å². The van der Waals surface area contributed by atoms with Crippen LogP contribution in [0.3, 0.4) is 0 Å². The zero-order valence-electron chi connectivity index (χ0n) is 13.5. The molecule has 0 aromatic heterocycles. The van der Waals surface area contributed by atoms with Gasteiger partial charge in [-0.2, -0.15) is 0 Å². The third kappa shape index (κ3) is 3.51. The molecule has 1 heteroatoms. The van der Waals surface area contributed by atoms with Crippen molar-refractivity contribution in [2.24, 2.45) is 17.3 Å². The van der Waals surface area contributed by atoms with Gasteiger partial charge in [0.05, 0.1) is 0 Å². The second-order valence-electron chi connectivity index (χ2n) is 6.92. The lowest BCUT2D eigenvalue weighted by atomic mass is 9.60. The van der Waals surface area contributed by atoms with E-state index in [0.29, 0.717) is 11.3 Å². The van der Waals surface area contributed by atoms with Crippen molar-refractivity contribution < 1.29 is 0 Å². The van der Waals surface area contributed by atoms with Crippen molar-refractivity contribution in [3.63, 3.8) is 0 Å². The van der Waals surface area contributed by atoms with Crippen molar-refractivity contribution in [2.75, 3.05) is 7.05 Å². The van der Waals surface area contributed by atoms with Gasteiger partial charge in [-0.05, 0) is 62.8 Å². The molecule has 1 fully saturated rings. The van der Waals surface area contributed by atoms with Crippen LogP contribution in [0.4, 0.5) is 0 Å². The fourth-order valence-corrected chi connectivity index (χ4v) is 3.57. The molecule has 1 nitrogen and oxygen atoms in total. The van der Waals surface area contributed by atoms with Gasteiger partial charge in [0.15, 0.2) is 0 Å². The second-order valence-corrected chi connectivity index (χ2v) is 6.92. The van der Waals surface area contributed by atoms with Crippen LogP contribution in [0, 0.1) is 17.3 Å².